The Morgan fingerprint density at radius 2 is 2.03 bits per heavy atom. The van der Waals surface area contributed by atoms with Crippen molar-refractivity contribution in [3.8, 4) is 0 Å². The Hall–Kier alpha value is -3.27. The van der Waals surface area contributed by atoms with E-state index in [1.807, 2.05) is 25.1 Å². The van der Waals surface area contributed by atoms with Gasteiger partial charge in [0.05, 0.1) is 10.9 Å². The molecular formula is C21H20BrN5O4. The Bertz CT molecular complexity index is 1310. The van der Waals surface area contributed by atoms with Crippen molar-refractivity contribution >= 4 is 44.5 Å². The van der Waals surface area contributed by atoms with E-state index in [4.69, 9.17) is 0 Å². The largest absolute Gasteiger partial charge is 0.351 e. The quantitative estimate of drug-likeness (QED) is 0.493. The molecule has 31 heavy (non-hydrogen) atoms. The van der Waals surface area contributed by atoms with Gasteiger partial charge in [-0.25, -0.2) is 9.78 Å². The molecule has 1 aliphatic carbocycles. The number of anilines is 1. The summed E-state index contributed by atoms with van der Waals surface area (Å²) in [5.41, 5.74) is 1.01. The van der Waals surface area contributed by atoms with Gasteiger partial charge >= 0.3 is 5.69 Å². The van der Waals surface area contributed by atoms with Crippen LogP contribution in [0.5, 0.6) is 0 Å². The zero-order valence-electron chi connectivity index (χ0n) is 16.7. The molecule has 2 amide bonds. The summed E-state index contributed by atoms with van der Waals surface area (Å²) in [4.78, 5) is 55.4. The molecule has 0 unspecified atom stereocenters. The third kappa shape index (κ3) is 4.58. The molecule has 1 aromatic carbocycles. The van der Waals surface area contributed by atoms with E-state index < -0.39 is 17.2 Å². The first kappa shape index (κ1) is 21.0. The predicted octanol–water partition coefficient (Wildman–Crippen LogP) is 2.25. The van der Waals surface area contributed by atoms with Gasteiger partial charge in [-0.05, 0) is 43.5 Å². The molecular weight excluding hydrogens is 466 g/mol. The van der Waals surface area contributed by atoms with Crippen LogP contribution in [0.2, 0.25) is 0 Å². The molecule has 0 radical (unpaired) electrons. The molecule has 4 rings (SSSR count). The molecule has 10 heteroatoms. The molecule has 0 aliphatic heterocycles. The summed E-state index contributed by atoms with van der Waals surface area (Å²) in [6.45, 7) is 2.01. The first-order valence-electron chi connectivity index (χ1n) is 9.82. The van der Waals surface area contributed by atoms with Crippen LogP contribution >= 0.6 is 15.9 Å². The van der Waals surface area contributed by atoms with Crippen molar-refractivity contribution in [2.45, 2.75) is 32.2 Å². The molecule has 2 aromatic heterocycles. The van der Waals surface area contributed by atoms with E-state index in [9.17, 15) is 19.2 Å². The first-order valence-corrected chi connectivity index (χ1v) is 10.6. The highest BCUT2D eigenvalue weighted by Crippen LogP contribution is 2.34. The summed E-state index contributed by atoms with van der Waals surface area (Å²) in [6.07, 6.45) is 3.12. The number of amides is 2. The summed E-state index contributed by atoms with van der Waals surface area (Å²) in [5, 5.41) is 5.65. The summed E-state index contributed by atoms with van der Waals surface area (Å²) >= 11 is 3.37. The lowest BCUT2D eigenvalue weighted by atomic mass is 10.2. The van der Waals surface area contributed by atoms with E-state index >= 15 is 0 Å². The van der Waals surface area contributed by atoms with Gasteiger partial charge in [-0.3, -0.25) is 23.9 Å². The fraction of sp³-hybridized carbons (Fsp3) is 0.286. The van der Waals surface area contributed by atoms with Gasteiger partial charge in [-0.2, -0.15) is 0 Å². The molecule has 1 aliphatic rings. The maximum Gasteiger partial charge on any atom is 0.330 e. The molecule has 160 valence electrons. The third-order valence-electron chi connectivity index (χ3n) is 5.06. The van der Waals surface area contributed by atoms with Gasteiger partial charge in [0.25, 0.3) is 11.5 Å². The van der Waals surface area contributed by atoms with E-state index in [0.29, 0.717) is 5.69 Å². The second-order valence-electron chi connectivity index (χ2n) is 7.47. The maximum absolute atomic E-state index is 12.5. The summed E-state index contributed by atoms with van der Waals surface area (Å²) in [7, 11) is 0. The van der Waals surface area contributed by atoms with Crippen molar-refractivity contribution in [3.63, 3.8) is 0 Å². The minimum atomic E-state index is -0.581. The van der Waals surface area contributed by atoms with Crippen molar-refractivity contribution in [3.05, 3.63) is 66.9 Å². The number of fused-ring (bicyclic) bond motifs is 1. The average Bonchev–Trinajstić information content (AvgIpc) is 3.55. The number of halogens is 1. The molecule has 0 atom stereocenters. The van der Waals surface area contributed by atoms with E-state index in [-0.39, 0.29) is 41.5 Å². The Balaban J connectivity index is 1.42. The maximum atomic E-state index is 12.5. The number of aromatic nitrogens is 3. The Morgan fingerprint density at radius 3 is 2.77 bits per heavy atom. The van der Waals surface area contributed by atoms with Gasteiger partial charge < -0.3 is 10.6 Å². The second-order valence-corrected chi connectivity index (χ2v) is 8.38. The van der Waals surface area contributed by atoms with E-state index in [1.54, 1.807) is 0 Å². The SMILES string of the molecule is Cc1ccc(Br)cc1NC(=O)CCNC(=O)c1cnc2c(c1)c(=O)[nH]c(=O)n2C1CC1. The number of aromatic amines is 1. The van der Waals surface area contributed by atoms with Crippen LogP contribution in [0, 0.1) is 6.92 Å². The number of carbonyl (C=O) groups is 2. The van der Waals surface area contributed by atoms with Crippen molar-refractivity contribution in [1.82, 2.24) is 19.9 Å². The highest BCUT2D eigenvalue weighted by molar-refractivity contribution is 9.10. The molecule has 1 saturated carbocycles. The number of pyridine rings is 1. The number of rotatable bonds is 6. The lowest BCUT2D eigenvalue weighted by Gasteiger charge is -2.10. The fourth-order valence-corrected chi connectivity index (χ4v) is 3.63. The molecule has 9 nitrogen and oxygen atoms in total. The molecule has 0 spiro atoms. The zero-order valence-corrected chi connectivity index (χ0v) is 18.3. The Morgan fingerprint density at radius 1 is 1.26 bits per heavy atom. The molecule has 2 heterocycles. The normalized spacial score (nSPS) is 13.2. The van der Waals surface area contributed by atoms with Crippen LogP contribution < -0.4 is 21.9 Å². The molecule has 0 saturated heterocycles. The van der Waals surface area contributed by atoms with Crippen molar-refractivity contribution in [1.29, 1.82) is 0 Å². The van der Waals surface area contributed by atoms with Gasteiger partial charge in [0.2, 0.25) is 5.91 Å². The summed E-state index contributed by atoms with van der Waals surface area (Å²) in [5.74, 6) is -0.688. The van der Waals surface area contributed by atoms with Gasteiger partial charge in [0, 0.05) is 35.4 Å². The van der Waals surface area contributed by atoms with Crippen molar-refractivity contribution in [2.24, 2.45) is 0 Å². The molecule has 3 N–H and O–H groups in total. The van der Waals surface area contributed by atoms with Crippen LogP contribution in [-0.4, -0.2) is 32.9 Å². The van der Waals surface area contributed by atoms with Crippen LogP contribution in [0.3, 0.4) is 0 Å². The number of benzene rings is 1. The number of nitrogens with one attached hydrogen (secondary N) is 3. The zero-order chi connectivity index (χ0) is 22.1. The number of hydrogen-bond acceptors (Lipinski definition) is 5. The lowest BCUT2D eigenvalue weighted by molar-refractivity contribution is -0.116. The van der Waals surface area contributed by atoms with Gasteiger partial charge in [0.15, 0.2) is 0 Å². The van der Waals surface area contributed by atoms with Gasteiger partial charge in [-0.1, -0.05) is 22.0 Å². The second kappa shape index (κ2) is 8.46. The third-order valence-corrected chi connectivity index (χ3v) is 5.56. The van der Waals surface area contributed by atoms with Gasteiger partial charge in [0.1, 0.15) is 5.65 Å². The minimum absolute atomic E-state index is 0.0337. The first-order chi connectivity index (χ1) is 14.8. The highest BCUT2D eigenvalue weighted by atomic mass is 79.9. The molecule has 3 aromatic rings. The number of hydrogen-bond donors (Lipinski definition) is 3. The molecule has 0 bridgehead atoms. The Kier molecular flexibility index (Phi) is 5.73. The minimum Gasteiger partial charge on any atom is -0.351 e. The van der Waals surface area contributed by atoms with E-state index in [2.05, 4.69) is 36.5 Å². The number of nitrogens with zero attached hydrogens (tertiary/aromatic N) is 2. The van der Waals surface area contributed by atoms with Crippen LogP contribution in [0.1, 0.15) is 41.2 Å². The van der Waals surface area contributed by atoms with Gasteiger partial charge in [-0.15, -0.1) is 0 Å². The topological polar surface area (TPSA) is 126 Å². The van der Waals surface area contributed by atoms with Crippen LogP contribution in [0.25, 0.3) is 11.0 Å². The van der Waals surface area contributed by atoms with E-state index in [1.165, 1.54) is 16.8 Å². The van der Waals surface area contributed by atoms with Crippen LogP contribution in [0.4, 0.5) is 5.69 Å². The van der Waals surface area contributed by atoms with Crippen molar-refractivity contribution in [2.75, 3.05) is 11.9 Å². The number of carbonyl (C=O) groups excluding carboxylic acids is 2. The lowest BCUT2D eigenvalue weighted by Crippen LogP contribution is -2.31. The number of aryl methyl sites for hydroxylation is 1. The smallest absolute Gasteiger partial charge is 0.330 e. The monoisotopic (exact) mass is 485 g/mol. The van der Waals surface area contributed by atoms with Crippen molar-refractivity contribution < 1.29 is 9.59 Å². The standard InChI is InChI=1S/C21H20BrN5O4/c1-11-2-3-13(22)9-16(11)25-17(28)6-7-23-19(29)12-8-15-18(24-10-12)27(14-4-5-14)21(31)26-20(15)30/h2-3,8-10,14H,4-7H2,1H3,(H,23,29)(H,25,28)(H,26,30,31). The predicted molar refractivity (Wildman–Crippen MR) is 119 cm³/mol. The van der Waals surface area contributed by atoms with E-state index in [0.717, 1.165) is 22.9 Å². The Labute approximate surface area is 185 Å². The molecule has 1 fully saturated rings. The highest BCUT2D eigenvalue weighted by Gasteiger charge is 2.27. The average molecular weight is 486 g/mol. The fourth-order valence-electron chi connectivity index (χ4n) is 3.27. The number of H-pyrrole nitrogens is 1. The summed E-state index contributed by atoms with van der Waals surface area (Å²) in [6, 6.07) is 7.04. The summed E-state index contributed by atoms with van der Waals surface area (Å²) < 4.78 is 2.32. The van der Waals surface area contributed by atoms with Crippen LogP contribution in [0.15, 0.2) is 44.5 Å². The van der Waals surface area contributed by atoms with Crippen LogP contribution in [-0.2, 0) is 4.79 Å².